The number of nitrogens with two attached hydrogens (primary N) is 1. The molecule has 0 radical (unpaired) electrons. The Hall–Kier alpha value is -4.20. The van der Waals surface area contributed by atoms with E-state index >= 15 is 4.39 Å². The number of halogens is 4. The molecule has 1 aromatic heterocycles. The number of anilines is 1. The summed E-state index contributed by atoms with van der Waals surface area (Å²) in [6, 6.07) is 2.33. The SMILES string of the molecule is C=C/C(=C\N(C)N)c1cnc(N(Cc2cc(C(C)(C)F)cc(C(F)(F)F)c2)C2C[C@@H](C)N(C(=O)OC3CCC(C(=O)O)CC3)[C@@H](C)C2)nc1. The zero-order valence-electron chi connectivity index (χ0n) is 28.6. The van der Waals surface area contributed by atoms with Crippen molar-refractivity contribution in [2.45, 2.75) is 109 Å². The van der Waals surface area contributed by atoms with Crippen LogP contribution in [0.1, 0.15) is 88.5 Å². The number of aliphatic carboxylic acids is 1. The first kappa shape index (κ1) is 37.6. The third kappa shape index (κ3) is 9.49. The van der Waals surface area contributed by atoms with E-state index in [9.17, 15) is 27.9 Å². The van der Waals surface area contributed by atoms with Gasteiger partial charge in [-0.3, -0.25) is 4.79 Å². The molecule has 1 saturated carbocycles. The molecule has 2 aliphatic rings. The number of ether oxygens (including phenoxy) is 1. The van der Waals surface area contributed by atoms with Crippen LogP contribution in [0.4, 0.5) is 28.3 Å². The van der Waals surface area contributed by atoms with E-state index in [0.29, 0.717) is 49.7 Å². The number of nitrogens with zero attached hydrogens (tertiary/aromatic N) is 5. The summed E-state index contributed by atoms with van der Waals surface area (Å²) in [6.45, 7) is 9.95. The lowest BCUT2D eigenvalue weighted by Gasteiger charge is -2.46. The Balaban J connectivity index is 1.64. The summed E-state index contributed by atoms with van der Waals surface area (Å²) in [5, 5.41) is 10.7. The number of amides is 1. The molecular formula is C35H46F4N6O4. The Bertz CT molecular complexity index is 1470. The molecule has 1 amide bonds. The van der Waals surface area contributed by atoms with Crippen LogP contribution in [0.15, 0.2) is 49.4 Å². The predicted molar refractivity (Wildman–Crippen MR) is 178 cm³/mol. The Kier molecular flexibility index (Phi) is 11.6. The van der Waals surface area contributed by atoms with Crippen LogP contribution in [0.2, 0.25) is 0 Å². The third-order valence-corrected chi connectivity index (χ3v) is 9.27. The largest absolute Gasteiger partial charge is 0.481 e. The number of rotatable bonds is 10. The molecule has 2 aromatic rings. The smallest absolute Gasteiger partial charge is 0.416 e. The predicted octanol–water partition coefficient (Wildman–Crippen LogP) is 7.06. The quantitative estimate of drug-likeness (QED) is 0.117. The normalized spacial score (nSPS) is 23.5. The number of piperidine rings is 1. The van der Waals surface area contributed by atoms with E-state index in [1.807, 2.05) is 18.7 Å². The molecule has 1 aliphatic carbocycles. The fourth-order valence-electron chi connectivity index (χ4n) is 6.72. The Labute approximate surface area is 284 Å². The molecule has 2 heterocycles. The number of alkyl halides is 4. The van der Waals surface area contributed by atoms with Crippen molar-refractivity contribution in [3.05, 3.63) is 71.7 Å². The van der Waals surface area contributed by atoms with Crippen LogP contribution in [0.25, 0.3) is 5.57 Å². The summed E-state index contributed by atoms with van der Waals surface area (Å²) in [5.41, 5.74) is -1.57. The number of hydrogen-bond donors (Lipinski definition) is 2. The van der Waals surface area contributed by atoms with E-state index in [1.165, 1.54) is 24.9 Å². The lowest BCUT2D eigenvalue weighted by atomic mass is 9.87. The minimum Gasteiger partial charge on any atom is -0.481 e. The van der Waals surface area contributed by atoms with Gasteiger partial charge in [0.1, 0.15) is 11.8 Å². The van der Waals surface area contributed by atoms with Gasteiger partial charge in [0.05, 0.1) is 11.5 Å². The number of benzene rings is 1. The third-order valence-electron chi connectivity index (χ3n) is 9.27. The van der Waals surface area contributed by atoms with E-state index in [-0.39, 0.29) is 47.8 Å². The Morgan fingerprint density at radius 2 is 1.61 bits per heavy atom. The van der Waals surface area contributed by atoms with Gasteiger partial charge < -0.3 is 24.7 Å². The highest BCUT2D eigenvalue weighted by molar-refractivity contribution is 5.72. The van der Waals surface area contributed by atoms with Gasteiger partial charge in [-0.05, 0) is 89.5 Å². The van der Waals surface area contributed by atoms with Gasteiger partial charge in [-0.15, -0.1) is 0 Å². The van der Waals surface area contributed by atoms with E-state index in [4.69, 9.17) is 10.6 Å². The highest BCUT2D eigenvalue weighted by Crippen LogP contribution is 2.37. The molecule has 0 spiro atoms. The number of allylic oxidation sites excluding steroid dienone is 2. The number of hydrogen-bond acceptors (Lipinski definition) is 8. The maximum atomic E-state index is 15.1. The molecule has 10 nitrogen and oxygen atoms in total. The van der Waals surface area contributed by atoms with Crippen LogP contribution in [0.5, 0.6) is 0 Å². The monoisotopic (exact) mass is 690 g/mol. The zero-order chi connectivity index (χ0) is 36.3. The maximum absolute atomic E-state index is 15.1. The highest BCUT2D eigenvalue weighted by atomic mass is 19.4. The summed E-state index contributed by atoms with van der Waals surface area (Å²) >= 11 is 0. The van der Waals surface area contributed by atoms with Crippen LogP contribution in [0, 0.1) is 5.92 Å². The molecule has 2 fully saturated rings. The fraction of sp³-hybridized carbons (Fsp3) is 0.543. The molecule has 4 rings (SSSR count). The molecular weight excluding hydrogens is 644 g/mol. The Morgan fingerprint density at radius 3 is 2.10 bits per heavy atom. The van der Waals surface area contributed by atoms with Crippen LogP contribution in [-0.4, -0.2) is 68.3 Å². The molecule has 268 valence electrons. The minimum atomic E-state index is -4.69. The van der Waals surface area contributed by atoms with Crippen molar-refractivity contribution in [3.63, 3.8) is 0 Å². The van der Waals surface area contributed by atoms with E-state index < -0.39 is 35.4 Å². The van der Waals surface area contributed by atoms with Gasteiger partial charge in [-0.2, -0.15) is 13.2 Å². The second-order valence-corrected chi connectivity index (χ2v) is 13.7. The second kappa shape index (κ2) is 15.1. The van der Waals surface area contributed by atoms with Gasteiger partial charge in [0.25, 0.3) is 0 Å². The molecule has 1 saturated heterocycles. The molecule has 1 unspecified atom stereocenters. The molecule has 3 N–H and O–H groups in total. The van der Waals surface area contributed by atoms with Gasteiger partial charge in [0, 0.05) is 61.4 Å². The molecule has 0 bridgehead atoms. The number of likely N-dealkylation sites (tertiary alicyclic amines) is 1. The second-order valence-electron chi connectivity index (χ2n) is 13.7. The molecule has 3 atom stereocenters. The van der Waals surface area contributed by atoms with Crippen LogP contribution in [-0.2, 0) is 27.9 Å². The number of carbonyl (C=O) groups is 2. The van der Waals surface area contributed by atoms with Gasteiger partial charge in [0.2, 0.25) is 5.95 Å². The molecule has 1 aliphatic heterocycles. The van der Waals surface area contributed by atoms with Gasteiger partial charge in [-0.25, -0.2) is 25.0 Å². The fourth-order valence-corrected chi connectivity index (χ4v) is 6.72. The first-order valence-corrected chi connectivity index (χ1v) is 16.4. The van der Waals surface area contributed by atoms with Crippen molar-refractivity contribution < 1.29 is 37.0 Å². The number of carbonyl (C=O) groups excluding carboxylic acids is 1. The van der Waals surface area contributed by atoms with Crippen molar-refractivity contribution >= 4 is 23.6 Å². The molecule has 14 heteroatoms. The average molecular weight is 691 g/mol. The number of carboxylic acid groups (broad SMARTS) is 1. The van der Waals surface area contributed by atoms with Crippen molar-refractivity contribution in [2.24, 2.45) is 11.8 Å². The standard InChI is InChI=1S/C35H46F4N6O4/c1-7-24(20-43(6)40)26-17-41-32(42-18-26)44(19-23-14-27(34(4,5)36)16-28(15-23)35(37,38)39)29-12-21(2)45(22(3)13-29)33(48)49-30-10-8-25(9-11-30)31(46)47/h7,14-18,20-22,25,29-30H,1,8-13,19,40H2,2-6H3,(H,46,47)/b24-20+/t21-,22+,25?,29?,30?. The van der Waals surface area contributed by atoms with Gasteiger partial charge in [-0.1, -0.05) is 18.7 Å². The lowest BCUT2D eigenvalue weighted by molar-refractivity contribution is -0.143. The summed E-state index contributed by atoms with van der Waals surface area (Å²) in [7, 11) is 1.65. The van der Waals surface area contributed by atoms with Crippen LogP contribution in [0.3, 0.4) is 0 Å². The van der Waals surface area contributed by atoms with Gasteiger partial charge in [0.15, 0.2) is 0 Å². The van der Waals surface area contributed by atoms with Crippen LogP contribution < -0.4 is 10.7 Å². The maximum Gasteiger partial charge on any atom is 0.416 e. The van der Waals surface area contributed by atoms with Gasteiger partial charge >= 0.3 is 18.2 Å². The highest BCUT2D eigenvalue weighted by Gasteiger charge is 2.40. The minimum absolute atomic E-state index is 0.0522. The first-order chi connectivity index (χ1) is 22.9. The van der Waals surface area contributed by atoms with Crippen LogP contribution >= 0.6 is 0 Å². The van der Waals surface area contributed by atoms with Crippen molar-refractivity contribution in [3.8, 4) is 0 Å². The first-order valence-electron chi connectivity index (χ1n) is 16.4. The number of carboxylic acids is 1. The summed E-state index contributed by atoms with van der Waals surface area (Å²) in [4.78, 5) is 37.4. The zero-order valence-corrected chi connectivity index (χ0v) is 28.6. The molecule has 1 aromatic carbocycles. The summed E-state index contributed by atoms with van der Waals surface area (Å²) < 4.78 is 62.8. The summed E-state index contributed by atoms with van der Waals surface area (Å²) in [6.07, 6.45) is 3.53. The van der Waals surface area contributed by atoms with E-state index in [0.717, 1.165) is 12.1 Å². The topological polar surface area (TPSA) is 125 Å². The molecule has 49 heavy (non-hydrogen) atoms. The van der Waals surface area contributed by atoms with Crippen molar-refractivity contribution in [1.82, 2.24) is 19.9 Å². The van der Waals surface area contributed by atoms with Crippen molar-refractivity contribution in [2.75, 3.05) is 11.9 Å². The lowest BCUT2D eigenvalue weighted by Crippen LogP contribution is -2.56. The Morgan fingerprint density at radius 1 is 1.04 bits per heavy atom. The van der Waals surface area contributed by atoms with E-state index in [1.54, 1.807) is 36.6 Å². The van der Waals surface area contributed by atoms with Crippen molar-refractivity contribution in [1.29, 1.82) is 0 Å². The average Bonchev–Trinajstić information content (AvgIpc) is 3.01. The number of aromatic nitrogens is 2. The van der Waals surface area contributed by atoms with E-state index in [2.05, 4.69) is 16.5 Å². The summed E-state index contributed by atoms with van der Waals surface area (Å²) in [5.74, 6) is 4.75. The number of hydrazine groups is 1.